The summed E-state index contributed by atoms with van der Waals surface area (Å²) in [6.07, 6.45) is 12.9. The molecule has 6 heteroatoms. The first-order chi connectivity index (χ1) is 20.8. The van der Waals surface area contributed by atoms with E-state index < -0.39 is 0 Å². The fourth-order valence-electron chi connectivity index (χ4n) is 5.74. The van der Waals surface area contributed by atoms with E-state index in [4.69, 9.17) is 0 Å². The van der Waals surface area contributed by atoms with Crippen LogP contribution in [0.2, 0.25) is 0 Å². The minimum Gasteiger partial charge on any atom is -0.144 e. The standard InChI is InChI=1S/C36H38S6/c1-3-5-7-9-15-25-26(16-10-8-6-4-2)41-35(31(25)27-17-11-21-37-27)36-33(29-19-13-23-39-29)32(28-18-12-22-38-28)34(42-36)30-20-14-24-40-30/h11-14,17-24H,3-10,15-16H2,1-2H3. The highest BCUT2D eigenvalue weighted by Crippen LogP contribution is 2.58. The van der Waals surface area contributed by atoms with E-state index in [-0.39, 0.29) is 0 Å². The van der Waals surface area contributed by atoms with E-state index in [1.54, 1.807) is 10.4 Å². The van der Waals surface area contributed by atoms with Crippen molar-refractivity contribution in [2.24, 2.45) is 0 Å². The zero-order valence-electron chi connectivity index (χ0n) is 24.4. The Bertz CT molecular complexity index is 1620. The summed E-state index contributed by atoms with van der Waals surface area (Å²) in [5, 5.41) is 8.96. The highest BCUT2D eigenvalue weighted by molar-refractivity contribution is 7.28. The zero-order valence-corrected chi connectivity index (χ0v) is 29.3. The molecule has 0 N–H and O–H groups in total. The fraction of sp³-hybridized carbons (Fsp3) is 0.333. The third kappa shape index (κ3) is 6.50. The van der Waals surface area contributed by atoms with Crippen molar-refractivity contribution in [2.75, 3.05) is 0 Å². The molecule has 6 rings (SSSR count). The normalized spacial score (nSPS) is 11.6. The van der Waals surface area contributed by atoms with Gasteiger partial charge >= 0.3 is 0 Å². The Morgan fingerprint density at radius 3 is 1.45 bits per heavy atom. The first-order valence-electron chi connectivity index (χ1n) is 15.3. The van der Waals surface area contributed by atoms with Gasteiger partial charge in [-0.2, -0.15) is 0 Å². The zero-order chi connectivity index (χ0) is 28.7. The highest BCUT2D eigenvalue weighted by atomic mass is 32.1. The van der Waals surface area contributed by atoms with Gasteiger partial charge in [0.15, 0.2) is 0 Å². The number of unbranched alkanes of at least 4 members (excludes halogenated alkanes) is 6. The lowest BCUT2D eigenvalue weighted by Crippen LogP contribution is -1.93. The molecule has 0 radical (unpaired) electrons. The number of hydrogen-bond acceptors (Lipinski definition) is 6. The second kappa shape index (κ2) is 14.8. The predicted molar refractivity (Wildman–Crippen MR) is 197 cm³/mol. The van der Waals surface area contributed by atoms with Gasteiger partial charge in [0.1, 0.15) is 0 Å². The van der Waals surface area contributed by atoms with Crippen LogP contribution in [0.3, 0.4) is 0 Å². The average molecular weight is 663 g/mol. The summed E-state index contributed by atoms with van der Waals surface area (Å²) in [5.41, 5.74) is 6.04. The second-order valence-corrected chi connectivity index (χ2v) is 16.7. The number of aryl methyl sites for hydroxylation is 1. The Morgan fingerprint density at radius 2 is 0.929 bits per heavy atom. The van der Waals surface area contributed by atoms with Gasteiger partial charge in [-0.15, -0.1) is 68.0 Å². The Kier molecular flexibility index (Phi) is 10.6. The molecule has 0 amide bonds. The molecule has 0 bridgehead atoms. The van der Waals surface area contributed by atoms with Crippen molar-refractivity contribution in [3.63, 3.8) is 0 Å². The van der Waals surface area contributed by atoms with Gasteiger partial charge in [0, 0.05) is 41.1 Å². The molecule has 6 aromatic rings. The van der Waals surface area contributed by atoms with Crippen LogP contribution in [-0.4, -0.2) is 0 Å². The van der Waals surface area contributed by atoms with E-state index in [0.29, 0.717) is 0 Å². The van der Waals surface area contributed by atoms with Crippen LogP contribution in [0.25, 0.3) is 50.8 Å². The van der Waals surface area contributed by atoms with Crippen LogP contribution in [-0.2, 0) is 12.8 Å². The summed E-state index contributed by atoms with van der Waals surface area (Å²) in [7, 11) is 0. The van der Waals surface area contributed by atoms with Crippen LogP contribution in [0.4, 0.5) is 0 Å². The van der Waals surface area contributed by atoms with Gasteiger partial charge in [-0.25, -0.2) is 0 Å². The number of rotatable bonds is 15. The maximum absolute atomic E-state index is 2.37. The van der Waals surface area contributed by atoms with Gasteiger partial charge < -0.3 is 0 Å². The van der Waals surface area contributed by atoms with E-state index in [2.05, 4.69) is 95.2 Å². The lowest BCUT2D eigenvalue weighted by Gasteiger charge is -2.10. The van der Waals surface area contributed by atoms with Crippen molar-refractivity contribution in [1.29, 1.82) is 0 Å². The summed E-state index contributed by atoms with van der Waals surface area (Å²) in [6.45, 7) is 4.63. The quantitative estimate of drug-likeness (QED) is 0.0960. The SMILES string of the molecule is CCCCCCc1sc(-c2sc(-c3cccs3)c(-c3cccs3)c2-c2cccs2)c(-c2cccs2)c1CCCCCC. The second-order valence-electron chi connectivity index (χ2n) is 10.7. The van der Waals surface area contributed by atoms with Gasteiger partial charge in [-0.3, -0.25) is 0 Å². The van der Waals surface area contributed by atoms with Crippen LogP contribution in [0.1, 0.15) is 75.7 Å². The maximum Gasteiger partial charge on any atom is 0.0549 e. The molecular weight excluding hydrogens is 625 g/mol. The molecule has 0 aliphatic rings. The van der Waals surface area contributed by atoms with Crippen LogP contribution < -0.4 is 0 Å². The maximum atomic E-state index is 2.37. The molecule has 218 valence electrons. The first-order valence-corrected chi connectivity index (χ1v) is 20.4. The monoisotopic (exact) mass is 662 g/mol. The molecule has 6 heterocycles. The molecule has 0 saturated carbocycles. The predicted octanol–water partition coefficient (Wildman–Crippen LogP) is 14.6. The third-order valence-electron chi connectivity index (χ3n) is 7.79. The molecule has 42 heavy (non-hydrogen) atoms. The van der Waals surface area contributed by atoms with Crippen molar-refractivity contribution in [3.8, 4) is 50.8 Å². The molecule has 0 unspecified atom stereocenters. The Labute approximate surface area is 275 Å². The van der Waals surface area contributed by atoms with Crippen LogP contribution in [0, 0.1) is 0 Å². The summed E-state index contributed by atoms with van der Waals surface area (Å²) in [4.78, 5) is 11.6. The van der Waals surface area contributed by atoms with Gasteiger partial charge in [-0.1, -0.05) is 76.6 Å². The van der Waals surface area contributed by atoms with Crippen molar-refractivity contribution < 1.29 is 0 Å². The minimum absolute atomic E-state index is 1.20. The summed E-state index contributed by atoms with van der Waals surface area (Å²) in [6, 6.07) is 18.2. The molecule has 0 spiro atoms. The summed E-state index contributed by atoms with van der Waals surface area (Å²) >= 11 is 11.7. The van der Waals surface area contributed by atoms with Crippen molar-refractivity contribution in [1.82, 2.24) is 0 Å². The van der Waals surface area contributed by atoms with Crippen molar-refractivity contribution in [3.05, 3.63) is 80.5 Å². The average Bonchev–Trinajstić information content (AvgIpc) is 3.83. The Balaban J connectivity index is 1.59. The number of thiophene rings is 6. The van der Waals surface area contributed by atoms with Crippen LogP contribution in [0.5, 0.6) is 0 Å². The van der Waals surface area contributed by atoms with Gasteiger partial charge in [0.05, 0.1) is 14.6 Å². The Morgan fingerprint density at radius 1 is 0.452 bits per heavy atom. The minimum atomic E-state index is 1.20. The first kappa shape index (κ1) is 30.2. The lowest BCUT2D eigenvalue weighted by molar-refractivity contribution is 0.655. The van der Waals surface area contributed by atoms with E-state index in [0.717, 1.165) is 0 Å². The van der Waals surface area contributed by atoms with Gasteiger partial charge in [0.25, 0.3) is 0 Å². The Hall–Kier alpha value is -1.80. The fourth-order valence-corrected chi connectivity index (χ4v) is 12.0. The molecule has 0 saturated heterocycles. The molecule has 0 aromatic carbocycles. The van der Waals surface area contributed by atoms with Crippen molar-refractivity contribution in [2.45, 2.75) is 78.1 Å². The van der Waals surface area contributed by atoms with E-state index in [1.165, 1.54) is 115 Å². The van der Waals surface area contributed by atoms with Crippen LogP contribution in [0.15, 0.2) is 70.1 Å². The highest BCUT2D eigenvalue weighted by Gasteiger charge is 2.29. The van der Waals surface area contributed by atoms with Crippen LogP contribution >= 0.6 is 68.0 Å². The molecular formula is C36H38S6. The number of hydrogen-bond donors (Lipinski definition) is 0. The molecule has 0 atom stereocenters. The molecule has 6 aromatic heterocycles. The third-order valence-corrected chi connectivity index (χ3v) is 14.1. The van der Waals surface area contributed by atoms with Gasteiger partial charge in [0.2, 0.25) is 0 Å². The molecule has 0 aliphatic heterocycles. The van der Waals surface area contributed by atoms with Gasteiger partial charge in [-0.05, 0) is 77.0 Å². The van der Waals surface area contributed by atoms with E-state index in [9.17, 15) is 0 Å². The van der Waals surface area contributed by atoms with Crippen molar-refractivity contribution >= 4 is 68.0 Å². The van der Waals surface area contributed by atoms with E-state index in [1.807, 2.05) is 56.7 Å². The lowest BCUT2D eigenvalue weighted by atomic mass is 9.96. The van der Waals surface area contributed by atoms with E-state index >= 15 is 0 Å². The molecule has 0 aliphatic carbocycles. The summed E-state index contributed by atoms with van der Waals surface area (Å²) in [5.74, 6) is 0. The smallest absolute Gasteiger partial charge is 0.0549 e. The largest absolute Gasteiger partial charge is 0.144 e. The molecule has 0 nitrogen and oxygen atoms in total. The topological polar surface area (TPSA) is 0 Å². The molecule has 0 fully saturated rings. The summed E-state index contributed by atoms with van der Waals surface area (Å²) < 4.78 is 0.